The number of fused-ring (bicyclic) bond motifs is 1. The van der Waals surface area contributed by atoms with Crippen LogP contribution in [0.4, 0.5) is 0 Å². The van der Waals surface area contributed by atoms with Crippen LogP contribution in [0.3, 0.4) is 0 Å². The predicted molar refractivity (Wildman–Crippen MR) is 205 cm³/mol. The number of benzene rings is 3. The maximum atomic E-state index is 12.1. The lowest BCUT2D eigenvalue weighted by atomic mass is 9.96. The van der Waals surface area contributed by atoms with Gasteiger partial charge in [-0.25, -0.2) is 4.98 Å². The molecule has 2 saturated heterocycles. The highest BCUT2D eigenvalue weighted by atomic mass is 35.5. The van der Waals surface area contributed by atoms with Crippen molar-refractivity contribution in [2.24, 2.45) is 0 Å². The van der Waals surface area contributed by atoms with Gasteiger partial charge in [-0.3, -0.25) is 24.4 Å². The van der Waals surface area contributed by atoms with Crippen LogP contribution >= 0.6 is 11.6 Å². The minimum absolute atomic E-state index is 0.0513. The topological polar surface area (TPSA) is 162 Å². The van der Waals surface area contributed by atoms with Gasteiger partial charge in [0, 0.05) is 42.0 Å². The van der Waals surface area contributed by atoms with Gasteiger partial charge in [0.05, 0.1) is 17.1 Å². The van der Waals surface area contributed by atoms with E-state index < -0.39 is 18.0 Å². The van der Waals surface area contributed by atoms with E-state index >= 15 is 0 Å². The van der Waals surface area contributed by atoms with Gasteiger partial charge in [0.25, 0.3) is 0 Å². The maximum Gasteiger partial charge on any atom is 0.320 e. The molecule has 1 unspecified atom stereocenters. The summed E-state index contributed by atoms with van der Waals surface area (Å²) in [6, 6.07) is 18.8. The fourth-order valence-corrected chi connectivity index (χ4v) is 7.78. The zero-order valence-corrected chi connectivity index (χ0v) is 31.3. The monoisotopic (exact) mass is 763 g/mol. The van der Waals surface area contributed by atoms with Crippen molar-refractivity contribution in [3.63, 3.8) is 0 Å². The third-order valence-electron chi connectivity index (χ3n) is 10.5. The van der Waals surface area contributed by atoms with Crippen molar-refractivity contribution < 1.29 is 33.7 Å². The summed E-state index contributed by atoms with van der Waals surface area (Å²) in [5.41, 5.74) is 7.40. The molecular weight excluding hydrogens is 722 g/mol. The summed E-state index contributed by atoms with van der Waals surface area (Å²) in [4.78, 5) is 36.1. The molecule has 0 saturated carbocycles. The molecule has 1 atom stereocenters. The molecule has 2 aliphatic heterocycles. The molecule has 3 aromatic carbocycles. The number of carboxylic acid groups (broad SMARTS) is 2. The van der Waals surface area contributed by atoms with Gasteiger partial charge < -0.3 is 24.1 Å². The second-order valence-electron chi connectivity index (χ2n) is 14.3. The molecule has 55 heavy (non-hydrogen) atoms. The molecular formula is C42H42ClN5O7. The lowest BCUT2D eigenvalue weighted by molar-refractivity contribution is -0.145. The molecule has 4 heterocycles. The SMILES string of the molecule is Cc1c(COc2cc(OCc3cncc(C#N)c3)c(CN3CCCCC3C(=O)O)cc2Cl)cccc1-c1ccc2oc(C3CCN(CC(=O)O)CC3)nc2c1. The fraction of sp³-hybridized carbons (Fsp3) is 0.357. The van der Waals surface area contributed by atoms with E-state index in [9.17, 15) is 20.0 Å². The smallest absolute Gasteiger partial charge is 0.320 e. The number of pyridine rings is 1. The minimum atomic E-state index is -0.845. The highest BCUT2D eigenvalue weighted by molar-refractivity contribution is 6.32. The standard InChI is InChI=1S/C42H42ClN5O7/c1-26-31(5-4-6-33(26)30-8-9-37-35(17-30)46-41(55-37)29-10-13-47(14-11-29)23-40(49)50)25-54-39-18-38(53-24-28-15-27(19-44)20-45-21-28)32(16-34(39)43)22-48-12-3-2-7-36(48)42(51)52/h4-6,8-9,15-18,20-21,29,36H,2-3,7,10-14,22-25H2,1H3,(H,49,50)(H,51,52). The predicted octanol–water partition coefficient (Wildman–Crippen LogP) is 7.58. The van der Waals surface area contributed by atoms with Crippen LogP contribution in [0.1, 0.15) is 71.7 Å². The first-order chi connectivity index (χ1) is 26.6. The number of hydrogen-bond acceptors (Lipinski definition) is 10. The van der Waals surface area contributed by atoms with E-state index in [1.807, 2.05) is 40.1 Å². The van der Waals surface area contributed by atoms with Crippen molar-refractivity contribution >= 4 is 34.6 Å². The van der Waals surface area contributed by atoms with Gasteiger partial charge in [-0.2, -0.15) is 5.26 Å². The Morgan fingerprint density at radius 3 is 2.56 bits per heavy atom. The van der Waals surface area contributed by atoms with Crippen LogP contribution in [-0.2, 0) is 29.3 Å². The summed E-state index contributed by atoms with van der Waals surface area (Å²) in [5, 5.41) is 28.8. The van der Waals surface area contributed by atoms with Crippen molar-refractivity contribution in [2.45, 2.75) is 70.7 Å². The van der Waals surface area contributed by atoms with Crippen LogP contribution in [0.25, 0.3) is 22.2 Å². The first kappa shape index (κ1) is 37.8. The molecule has 7 rings (SSSR count). The number of likely N-dealkylation sites (tertiary alicyclic amines) is 2. The zero-order chi connectivity index (χ0) is 38.5. The van der Waals surface area contributed by atoms with E-state index in [1.54, 1.807) is 24.4 Å². The number of carbonyl (C=O) groups is 2. The Kier molecular flexibility index (Phi) is 11.6. The summed E-state index contributed by atoms with van der Waals surface area (Å²) < 4.78 is 18.8. The molecule has 12 nitrogen and oxygen atoms in total. The Balaban J connectivity index is 1.09. The lowest BCUT2D eigenvalue weighted by Crippen LogP contribution is -2.44. The van der Waals surface area contributed by atoms with Gasteiger partial charge in [-0.1, -0.05) is 42.3 Å². The lowest BCUT2D eigenvalue weighted by Gasteiger charge is -2.33. The van der Waals surface area contributed by atoms with E-state index in [1.165, 1.54) is 6.20 Å². The van der Waals surface area contributed by atoms with Gasteiger partial charge in [0.15, 0.2) is 11.5 Å². The van der Waals surface area contributed by atoms with Gasteiger partial charge in [-0.05, 0) is 98.8 Å². The second-order valence-corrected chi connectivity index (χ2v) is 14.7. The van der Waals surface area contributed by atoms with Gasteiger partial charge in [0.1, 0.15) is 42.3 Å². The van der Waals surface area contributed by atoms with E-state index in [2.05, 4.69) is 24.0 Å². The number of nitrogens with zero attached hydrogens (tertiary/aromatic N) is 5. The van der Waals surface area contributed by atoms with Crippen molar-refractivity contribution in [2.75, 3.05) is 26.2 Å². The number of ether oxygens (including phenoxy) is 2. The van der Waals surface area contributed by atoms with Crippen molar-refractivity contribution in [3.05, 3.63) is 106 Å². The van der Waals surface area contributed by atoms with Crippen molar-refractivity contribution in [1.82, 2.24) is 19.8 Å². The minimum Gasteiger partial charge on any atom is -0.488 e. The Labute approximate surface area is 323 Å². The highest BCUT2D eigenvalue weighted by Gasteiger charge is 2.30. The molecule has 2 fully saturated rings. The molecule has 0 amide bonds. The zero-order valence-electron chi connectivity index (χ0n) is 30.5. The number of carboxylic acids is 2. The van der Waals surface area contributed by atoms with Crippen LogP contribution in [0.15, 0.2) is 71.4 Å². The molecule has 2 aromatic heterocycles. The Morgan fingerprint density at radius 2 is 1.78 bits per heavy atom. The first-order valence-corrected chi connectivity index (χ1v) is 18.9. The number of oxazole rings is 1. The second kappa shape index (κ2) is 16.9. The van der Waals surface area contributed by atoms with E-state index in [0.717, 1.165) is 64.6 Å². The van der Waals surface area contributed by atoms with Crippen LogP contribution in [0.2, 0.25) is 5.02 Å². The highest BCUT2D eigenvalue weighted by Crippen LogP contribution is 2.37. The normalized spacial score (nSPS) is 16.9. The van der Waals surface area contributed by atoms with Gasteiger partial charge in [0.2, 0.25) is 0 Å². The number of aromatic nitrogens is 2. The Bertz CT molecular complexity index is 2240. The quantitative estimate of drug-likeness (QED) is 0.121. The summed E-state index contributed by atoms with van der Waals surface area (Å²) in [7, 11) is 0. The van der Waals surface area contributed by atoms with Crippen molar-refractivity contribution in [3.8, 4) is 28.7 Å². The van der Waals surface area contributed by atoms with Crippen LogP contribution in [-0.4, -0.2) is 74.1 Å². The van der Waals surface area contributed by atoms with Gasteiger partial charge in [-0.15, -0.1) is 0 Å². The number of nitriles is 1. The summed E-state index contributed by atoms with van der Waals surface area (Å²) in [5.74, 6) is 0.112. The molecule has 2 N–H and O–H groups in total. The molecule has 13 heteroatoms. The Hall–Kier alpha value is -5.48. The van der Waals surface area contributed by atoms with Crippen molar-refractivity contribution in [1.29, 1.82) is 5.26 Å². The first-order valence-electron chi connectivity index (χ1n) is 18.5. The van der Waals surface area contributed by atoms with E-state index in [0.29, 0.717) is 66.2 Å². The number of piperidine rings is 2. The molecule has 5 aromatic rings. The summed E-state index contributed by atoms with van der Waals surface area (Å²) >= 11 is 6.85. The fourth-order valence-electron chi connectivity index (χ4n) is 7.54. The van der Waals surface area contributed by atoms with E-state index in [-0.39, 0.29) is 25.7 Å². The molecule has 0 spiro atoms. The molecule has 0 bridgehead atoms. The number of halogens is 1. The maximum absolute atomic E-state index is 12.1. The van der Waals surface area contributed by atoms with Crippen LogP contribution in [0, 0.1) is 18.3 Å². The van der Waals surface area contributed by atoms with Crippen LogP contribution in [0.5, 0.6) is 11.5 Å². The average Bonchev–Trinajstić information content (AvgIpc) is 3.61. The molecule has 2 aliphatic rings. The Morgan fingerprint density at radius 1 is 0.964 bits per heavy atom. The van der Waals surface area contributed by atoms with Gasteiger partial charge >= 0.3 is 11.9 Å². The summed E-state index contributed by atoms with van der Waals surface area (Å²) in [6.07, 6.45) is 7.08. The third-order valence-corrected chi connectivity index (χ3v) is 10.8. The number of aliphatic carboxylic acids is 2. The number of hydrogen-bond donors (Lipinski definition) is 2. The number of rotatable bonds is 13. The molecule has 284 valence electrons. The molecule has 0 aliphatic carbocycles. The molecule has 0 radical (unpaired) electrons. The average molecular weight is 764 g/mol. The van der Waals surface area contributed by atoms with Crippen LogP contribution < -0.4 is 9.47 Å². The van der Waals surface area contributed by atoms with E-state index in [4.69, 9.17) is 35.6 Å². The largest absolute Gasteiger partial charge is 0.488 e. The third kappa shape index (κ3) is 8.92. The summed E-state index contributed by atoms with van der Waals surface area (Å²) in [6.45, 7) is 4.86.